The minimum Gasteiger partial charge on any atom is -0.497 e. The number of alkyl carbamates (subject to hydrolysis) is 1. The Morgan fingerprint density at radius 3 is 2.12 bits per heavy atom. The van der Waals surface area contributed by atoms with Crippen molar-refractivity contribution in [3.63, 3.8) is 0 Å². The SMILES string of the molecule is CCc1ccc(C(C(=O)Nc2ccc(OC)cc2)N(C)C(=O)CNC(=O)OC(C)(C)C)cc1. The van der Waals surface area contributed by atoms with Crippen LogP contribution in [0, 0.1) is 0 Å². The molecule has 0 saturated carbocycles. The van der Waals surface area contributed by atoms with Gasteiger partial charge in [0.25, 0.3) is 5.91 Å². The van der Waals surface area contributed by atoms with Crippen LogP contribution in [0.1, 0.15) is 44.9 Å². The molecule has 0 saturated heterocycles. The summed E-state index contributed by atoms with van der Waals surface area (Å²) >= 11 is 0. The lowest BCUT2D eigenvalue weighted by Gasteiger charge is -2.28. The monoisotopic (exact) mass is 455 g/mol. The first kappa shape index (κ1) is 25.7. The van der Waals surface area contributed by atoms with E-state index in [4.69, 9.17) is 9.47 Å². The fourth-order valence-electron chi connectivity index (χ4n) is 3.10. The van der Waals surface area contributed by atoms with E-state index >= 15 is 0 Å². The molecule has 0 heterocycles. The molecule has 3 amide bonds. The van der Waals surface area contributed by atoms with Crippen LogP contribution in [-0.2, 0) is 20.7 Å². The third-order valence-electron chi connectivity index (χ3n) is 4.87. The van der Waals surface area contributed by atoms with E-state index in [0.29, 0.717) is 17.0 Å². The van der Waals surface area contributed by atoms with E-state index < -0.39 is 23.6 Å². The molecule has 0 aliphatic carbocycles. The van der Waals surface area contributed by atoms with E-state index in [2.05, 4.69) is 10.6 Å². The topological polar surface area (TPSA) is 97.0 Å². The van der Waals surface area contributed by atoms with Crippen LogP contribution in [0.5, 0.6) is 5.75 Å². The van der Waals surface area contributed by atoms with Crippen LogP contribution in [0.25, 0.3) is 0 Å². The molecule has 0 fully saturated rings. The number of carbonyl (C=O) groups is 3. The largest absolute Gasteiger partial charge is 0.497 e. The van der Waals surface area contributed by atoms with Crippen LogP contribution in [0.15, 0.2) is 48.5 Å². The minimum absolute atomic E-state index is 0.301. The van der Waals surface area contributed by atoms with E-state index in [0.717, 1.165) is 12.0 Å². The van der Waals surface area contributed by atoms with Gasteiger partial charge in [0.1, 0.15) is 23.9 Å². The number of hydrogen-bond acceptors (Lipinski definition) is 5. The van der Waals surface area contributed by atoms with Crippen LogP contribution in [0.4, 0.5) is 10.5 Å². The first-order valence-electron chi connectivity index (χ1n) is 10.8. The Kier molecular flexibility index (Phi) is 8.85. The second-order valence-electron chi connectivity index (χ2n) is 8.58. The zero-order chi connectivity index (χ0) is 24.6. The molecule has 8 heteroatoms. The summed E-state index contributed by atoms with van der Waals surface area (Å²) in [6.07, 6.45) is 0.160. The van der Waals surface area contributed by atoms with Crippen LogP contribution < -0.4 is 15.4 Å². The van der Waals surface area contributed by atoms with Crippen LogP contribution in [-0.4, -0.2) is 49.1 Å². The Labute approximate surface area is 195 Å². The fourth-order valence-corrected chi connectivity index (χ4v) is 3.10. The van der Waals surface area contributed by atoms with Gasteiger partial charge in [-0.1, -0.05) is 31.2 Å². The number of amides is 3. The molecule has 8 nitrogen and oxygen atoms in total. The number of nitrogens with zero attached hydrogens (tertiary/aromatic N) is 1. The maximum atomic E-state index is 13.2. The summed E-state index contributed by atoms with van der Waals surface area (Å²) < 4.78 is 10.3. The Bertz CT molecular complexity index is 950. The standard InChI is InChI=1S/C25H33N3O5/c1-7-17-8-10-18(11-9-17)22(23(30)27-19-12-14-20(32-6)15-13-19)28(5)21(29)16-26-24(31)33-25(2,3)4/h8-15,22H,7,16H2,1-6H3,(H,26,31)(H,27,30). The predicted octanol–water partition coefficient (Wildman–Crippen LogP) is 3.92. The lowest BCUT2D eigenvalue weighted by molar-refractivity contribution is -0.136. The molecule has 178 valence electrons. The Morgan fingerprint density at radius 2 is 1.61 bits per heavy atom. The van der Waals surface area contributed by atoms with Gasteiger partial charge in [-0.05, 0) is 62.6 Å². The van der Waals surface area contributed by atoms with Crippen molar-refractivity contribution in [1.82, 2.24) is 10.2 Å². The van der Waals surface area contributed by atoms with Gasteiger partial charge in [0.05, 0.1) is 7.11 Å². The molecular formula is C25H33N3O5. The second-order valence-corrected chi connectivity index (χ2v) is 8.58. The fraction of sp³-hybridized carbons (Fsp3) is 0.400. The number of hydrogen-bond donors (Lipinski definition) is 2. The number of likely N-dealkylation sites (N-methyl/N-ethyl adjacent to an activating group) is 1. The number of anilines is 1. The van der Waals surface area contributed by atoms with Crippen molar-refractivity contribution >= 4 is 23.6 Å². The van der Waals surface area contributed by atoms with Gasteiger partial charge in [0, 0.05) is 12.7 Å². The molecular weight excluding hydrogens is 422 g/mol. The number of rotatable bonds is 8. The number of nitrogens with one attached hydrogen (secondary N) is 2. The van der Waals surface area contributed by atoms with Crippen molar-refractivity contribution in [2.24, 2.45) is 0 Å². The molecule has 33 heavy (non-hydrogen) atoms. The highest BCUT2D eigenvalue weighted by atomic mass is 16.6. The minimum atomic E-state index is -0.897. The summed E-state index contributed by atoms with van der Waals surface area (Å²) in [5.41, 5.74) is 1.67. The number of aryl methyl sites for hydroxylation is 1. The summed E-state index contributed by atoms with van der Waals surface area (Å²) in [4.78, 5) is 39.3. The molecule has 0 radical (unpaired) electrons. The molecule has 2 N–H and O–H groups in total. The second kappa shape index (κ2) is 11.4. The summed E-state index contributed by atoms with van der Waals surface area (Å²) in [5, 5.41) is 5.30. The molecule has 2 aromatic rings. The van der Waals surface area contributed by atoms with Crippen molar-refractivity contribution < 1.29 is 23.9 Å². The van der Waals surface area contributed by atoms with Gasteiger partial charge in [-0.2, -0.15) is 0 Å². The maximum Gasteiger partial charge on any atom is 0.408 e. The van der Waals surface area contributed by atoms with E-state index in [9.17, 15) is 14.4 Å². The van der Waals surface area contributed by atoms with Crippen molar-refractivity contribution in [3.8, 4) is 5.75 Å². The van der Waals surface area contributed by atoms with Gasteiger partial charge in [0.2, 0.25) is 5.91 Å². The lowest BCUT2D eigenvalue weighted by Crippen LogP contribution is -2.44. The van der Waals surface area contributed by atoms with E-state index in [-0.39, 0.29) is 12.5 Å². The van der Waals surface area contributed by atoms with E-state index in [1.165, 1.54) is 11.9 Å². The number of ether oxygens (including phenoxy) is 2. The molecule has 0 bridgehead atoms. The molecule has 1 atom stereocenters. The third kappa shape index (κ3) is 7.82. The normalized spacial score (nSPS) is 11.8. The van der Waals surface area contributed by atoms with Crippen molar-refractivity contribution in [1.29, 1.82) is 0 Å². The van der Waals surface area contributed by atoms with Crippen molar-refractivity contribution in [2.75, 3.05) is 26.0 Å². The Hall–Kier alpha value is -3.55. The van der Waals surface area contributed by atoms with Crippen LogP contribution in [0.3, 0.4) is 0 Å². The van der Waals surface area contributed by atoms with Gasteiger partial charge >= 0.3 is 6.09 Å². The van der Waals surface area contributed by atoms with E-state index in [1.54, 1.807) is 52.1 Å². The lowest BCUT2D eigenvalue weighted by atomic mass is 10.0. The number of benzene rings is 2. The quantitative estimate of drug-likeness (QED) is 0.629. The van der Waals surface area contributed by atoms with Crippen molar-refractivity contribution in [3.05, 3.63) is 59.7 Å². The van der Waals surface area contributed by atoms with Crippen molar-refractivity contribution in [2.45, 2.75) is 45.8 Å². The van der Waals surface area contributed by atoms with Gasteiger partial charge in [0.15, 0.2) is 0 Å². The van der Waals surface area contributed by atoms with Gasteiger partial charge in [-0.3, -0.25) is 9.59 Å². The number of carbonyl (C=O) groups excluding carboxylic acids is 3. The molecule has 1 unspecified atom stereocenters. The van der Waals surface area contributed by atoms with Crippen LogP contribution in [0.2, 0.25) is 0 Å². The zero-order valence-corrected chi connectivity index (χ0v) is 20.1. The molecule has 0 aliphatic rings. The summed E-state index contributed by atoms with van der Waals surface area (Å²) in [7, 11) is 3.10. The molecule has 2 aromatic carbocycles. The first-order valence-corrected chi connectivity index (χ1v) is 10.8. The Morgan fingerprint density at radius 1 is 1.00 bits per heavy atom. The molecule has 0 aromatic heterocycles. The van der Waals surface area contributed by atoms with Gasteiger partial charge in [-0.25, -0.2) is 4.79 Å². The maximum absolute atomic E-state index is 13.2. The molecule has 2 rings (SSSR count). The highest BCUT2D eigenvalue weighted by molar-refractivity contribution is 5.98. The summed E-state index contributed by atoms with van der Waals surface area (Å²) in [6, 6.07) is 13.6. The highest BCUT2D eigenvalue weighted by Gasteiger charge is 2.29. The highest BCUT2D eigenvalue weighted by Crippen LogP contribution is 2.24. The van der Waals surface area contributed by atoms with Crippen LogP contribution >= 0.6 is 0 Å². The Balaban J connectivity index is 2.20. The van der Waals surface area contributed by atoms with E-state index in [1.807, 2.05) is 31.2 Å². The average molecular weight is 456 g/mol. The summed E-state index contributed by atoms with van der Waals surface area (Å²) in [6.45, 7) is 6.95. The first-order chi connectivity index (χ1) is 15.5. The third-order valence-corrected chi connectivity index (χ3v) is 4.87. The average Bonchev–Trinajstić information content (AvgIpc) is 2.77. The summed E-state index contributed by atoms with van der Waals surface area (Å²) in [5.74, 6) is -0.145. The molecule has 0 spiro atoms. The predicted molar refractivity (Wildman–Crippen MR) is 127 cm³/mol. The van der Waals surface area contributed by atoms with Gasteiger partial charge in [-0.15, -0.1) is 0 Å². The zero-order valence-electron chi connectivity index (χ0n) is 20.1. The smallest absolute Gasteiger partial charge is 0.408 e. The van der Waals surface area contributed by atoms with Gasteiger partial charge < -0.3 is 25.0 Å². The number of methoxy groups -OCH3 is 1. The molecule has 0 aliphatic heterocycles.